The molecule has 0 aliphatic rings. The fraction of sp³-hybridized carbons (Fsp3) is 0.125. The van der Waals surface area contributed by atoms with E-state index in [0.29, 0.717) is 15.7 Å². The number of anilines is 2. The Labute approximate surface area is 162 Å². The van der Waals surface area contributed by atoms with E-state index in [0.717, 1.165) is 5.56 Å². The second kappa shape index (κ2) is 7.22. The van der Waals surface area contributed by atoms with Gasteiger partial charge in [-0.2, -0.15) is 11.3 Å². The first-order chi connectivity index (χ1) is 12.3. The second-order valence-corrected chi connectivity index (χ2v) is 8.77. The molecule has 26 heavy (non-hydrogen) atoms. The highest BCUT2D eigenvalue weighted by Crippen LogP contribution is 2.34. The molecule has 0 radical (unpaired) electrons. The van der Waals surface area contributed by atoms with Crippen LogP contribution in [0.5, 0.6) is 0 Å². The lowest BCUT2D eigenvalue weighted by molar-refractivity contribution is 0.258. The maximum Gasteiger partial charge on any atom is 0.343 e. The van der Waals surface area contributed by atoms with Gasteiger partial charge in [-0.1, -0.05) is 22.9 Å². The average Bonchev–Trinajstić information content (AvgIpc) is 3.23. The van der Waals surface area contributed by atoms with Crippen molar-refractivity contribution in [3.63, 3.8) is 0 Å². The van der Waals surface area contributed by atoms with Gasteiger partial charge in [0, 0.05) is 11.1 Å². The highest BCUT2D eigenvalue weighted by Gasteiger charge is 2.36. The molecule has 2 aromatic heterocycles. The fourth-order valence-corrected chi connectivity index (χ4v) is 4.85. The Hall–Kier alpha value is -2.17. The quantitative estimate of drug-likeness (QED) is 0.622. The summed E-state index contributed by atoms with van der Waals surface area (Å²) in [5.41, 5.74) is 1.89. The van der Waals surface area contributed by atoms with Crippen molar-refractivity contribution in [2.45, 2.75) is 18.7 Å². The van der Waals surface area contributed by atoms with Crippen molar-refractivity contribution in [1.82, 2.24) is 5.16 Å². The summed E-state index contributed by atoms with van der Waals surface area (Å²) in [6.45, 7) is 3.54. The van der Waals surface area contributed by atoms with Crippen molar-refractivity contribution < 1.29 is 17.7 Å². The van der Waals surface area contributed by atoms with Gasteiger partial charge in [-0.05, 0) is 53.4 Å². The molecule has 1 aromatic carbocycles. The summed E-state index contributed by atoms with van der Waals surface area (Å²) in [7, 11) is -4.18. The van der Waals surface area contributed by atoms with Crippen molar-refractivity contribution in [1.29, 1.82) is 0 Å². The number of hydrogen-bond acceptors (Lipinski definition) is 6. The topological polar surface area (TPSA) is 92.5 Å². The molecule has 0 saturated heterocycles. The van der Waals surface area contributed by atoms with Crippen LogP contribution in [0.4, 0.5) is 16.4 Å². The summed E-state index contributed by atoms with van der Waals surface area (Å²) in [6.07, 6.45) is 0. The van der Waals surface area contributed by atoms with Crippen LogP contribution >= 0.6 is 27.3 Å². The first kappa shape index (κ1) is 18.6. The Bertz CT molecular complexity index is 1030. The Morgan fingerprint density at radius 2 is 1.92 bits per heavy atom. The molecule has 3 rings (SSSR count). The van der Waals surface area contributed by atoms with Crippen LogP contribution in [0.25, 0.3) is 0 Å². The summed E-state index contributed by atoms with van der Waals surface area (Å²) >= 11 is 4.44. The van der Waals surface area contributed by atoms with Gasteiger partial charge in [0.1, 0.15) is 4.47 Å². The summed E-state index contributed by atoms with van der Waals surface area (Å²) < 4.78 is 32.0. The number of rotatable bonds is 4. The molecule has 136 valence electrons. The molecule has 7 nitrogen and oxygen atoms in total. The number of aryl methyl sites for hydroxylation is 2. The predicted molar refractivity (Wildman–Crippen MR) is 103 cm³/mol. The molecule has 2 heterocycles. The Kier molecular flexibility index (Phi) is 5.17. The molecule has 10 heteroatoms. The molecule has 0 aliphatic carbocycles. The van der Waals surface area contributed by atoms with Gasteiger partial charge in [-0.3, -0.25) is 0 Å². The number of aromatic nitrogens is 1. The Morgan fingerprint density at radius 1 is 1.23 bits per heavy atom. The third-order valence-electron chi connectivity index (χ3n) is 3.48. The molecule has 0 aliphatic heterocycles. The Balaban J connectivity index is 2.04. The molecule has 0 fully saturated rings. The van der Waals surface area contributed by atoms with Crippen LogP contribution in [-0.4, -0.2) is 19.6 Å². The van der Waals surface area contributed by atoms with E-state index in [2.05, 4.69) is 26.4 Å². The van der Waals surface area contributed by atoms with E-state index in [1.807, 2.05) is 19.1 Å². The summed E-state index contributed by atoms with van der Waals surface area (Å²) in [6, 6.07) is 7.52. The van der Waals surface area contributed by atoms with Crippen molar-refractivity contribution in [3.8, 4) is 0 Å². The number of benzene rings is 1. The fourth-order valence-electron chi connectivity index (χ4n) is 2.10. The van der Waals surface area contributed by atoms with Crippen LogP contribution in [0, 0.1) is 13.8 Å². The van der Waals surface area contributed by atoms with Crippen LogP contribution in [0.3, 0.4) is 0 Å². The molecular weight excluding hydrogens is 442 g/mol. The van der Waals surface area contributed by atoms with Crippen molar-refractivity contribution in [2.24, 2.45) is 0 Å². The lowest BCUT2D eigenvalue weighted by atomic mass is 10.2. The normalized spacial score (nSPS) is 11.3. The van der Waals surface area contributed by atoms with Crippen LogP contribution in [0.1, 0.15) is 11.3 Å². The first-order valence-corrected chi connectivity index (χ1v) is 10.5. The van der Waals surface area contributed by atoms with Gasteiger partial charge in [-0.15, -0.1) is 4.31 Å². The summed E-state index contributed by atoms with van der Waals surface area (Å²) in [5.74, 6) is -0.210. The maximum atomic E-state index is 13.0. The summed E-state index contributed by atoms with van der Waals surface area (Å²) in [5, 5.41) is 9.36. The van der Waals surface area contributed by atoms with Gasteiger partial charge in [0.25, 0.3) is 15.9 Å². The SMILES string of the molecule is Cc1ccc(NC(=O)N(c2onc(C)c2Br)S(=O)(=O)c2ccsc2)cc1. The second-order valence-electron chi connectivity index (χ2n) is 5.41. The van der Waals surface area contributed by atoms with E-state index in [-0.39, 0.29) is 15.3 Å². The van der Waals surface area contributed by atoms with Gasteiger partial charge in [0.05, 0.1) is 10.6 Å². The number of carbonyl (C=O) groups is 1. The standard InChI is InChI=1S/C16H14BrN3O4S2/c1-10-3-5-12(6-4-10)18-16(21)20(15-14(17)11(2)19-24-15)26(22,23)13-7-8-25-9-13/h3-9H,1-2H3,(H,18,21). The smallest absolute Gasteiger partial charge is 0.336 e. The number of amides is 2. The molecular formula is C16H14BrN3O4S2. The number of urea groups is 1. The van der Waals surface area contributed by atoms with E-state index >= 15 is 0 Å². The molecule has 3 aromatic rings. The number of thiophene rings is 1. The minimum Gasteiger partial charge on any atom is -0.336 e. The van der Waals surface area contributed by atoms with E-state index in [9.17, 15) is 13.2 Å². The van der Waals surface area contributed by atoms with Crippen LogP contribution in [0.2, 0.25) is 0 Å². The number of hydrogen-bond donors (Lipinski definition) is 1. The number of nitrogens with zero attached hydrogens (tertiary/aromatic N) is 2. The van der Waals surface area contributed by atoms with Gasteiger partial charge in [0.15, 0.2) is 0 Å². The molecule has 0 atom stereocenters. The van der Waals surface area contributed by atoms with Gasteiger partial charge < -0.3 is 9.84 Å². The molecule has 0 spiro atoms. The lowest BCUT2D eigenvalue weighted by Gasteiger charge is -2.19. The van der Waals surface area contributed by atoms with Crippen LogP contribution in [0.15, 0.2) is 55.0 Å². The minimum atomic E-state index is -4.18. The lowest BCUT2D eigenvalue weighted by Crippen LogP contribution is -2.40. The van der Waals surface area contributed by atoms with E-state index in [1.165, 1.54) is 22.8 Å². The molecule has 1 N–H and O–H groups in total. The zero-order valence-electron chi connectivity index (χ0n) is 13.8. The predicted octanol–water partition coefficient (Wildman–Crippen LogP) is 4.54. The highest BCUT2D eigenvalue weighted by atomic mass is 79.9. The number of halogens is 1. The summed E-state index contributed by atoms with van der Waals surface area (Å²) in [4.78, 5) is 12.8. The largest absolute Gasteiger partial charge is 0.343 e. The number of sulfonamides is 1. The van der Waals surface area contributed by atoms with Gasteiger partial charge in [0.2, 0.25) is 0 Å². The Morgan fingerprint density at radius 3 is 2.46 bits per heavy atom. The first-order valence-electron chi connectivity index (χ1n) is 7.37. The molecule has 0 saturated carbocycles. The van der Waals surface area contributed by atoms with Crippen molar-refractivity contribution in [3.05, 3.63) is 56.8 Å². The number of carbonyl (C=O) groups excluding carboxylic acids is 1. The average molecular weight is 456 g/mol. The van der Waals surface area contributed by atoms with E-state index in [4.69, 9.17) is 4.52 Å². The minimum absolute atomic E-state index is 0.0116. The molecule has 0 bridgehead atoms. The van der Waals surface area contributed by atoms with Crippen molar-refractivity contribution >= 4 is 54.9 Å². The molecule has 0 unspecified atom stereocenters. The van der Waals surface area contributed by atoms with Gasteiger partial charge >= 0.3 is 6.03 Å². The third-order valence-corrected chi connectivity index (χ3v) is 6.89. The highest BCUT2D eigenvalue weighted by molar-refractivity contribution is 9.10. The number of nitrogens with one attached hydrogen (secondary N) is 1. The van der Waals surface area contributed by atoms with E-state index < -0.39 is 16.1 Å². The maximum absolute atomic E-state index is 13.0. The van der Waals surface area contributed by atoms with Crippen LogP contribution < -0.4 is 9.62 Å². The van der Waals surface area contributed by atoms with E-state index in [1.54, 1.807) is 24.4 Å². The zero-order valence-corrected chi connectivity index (χ0v) is 17.0. The monoisotopic (exact) mass is 455 g/mol. The van der Waals surface area contributed by atoms with Crippen LogP contribution in [-0.2, 0) is 10.0 Å². The third kappa shape index (κ3) is 3.53. The van der Waals surface area contributed by atoms with Crippen molar-refractivity contribution in [2.75, 3.05) is 9.62 Å². The van der Waals surface area contributed by atoms with Gasteiger partial charge in [-0.25, -0.2) is 13.2 Å². The zero-order chi connectivity index (χ0) is 18.9. The molecule has 2 amide bonds.